The van der Waals surface area contributed by atoms with Gasteiger partial charge in [0.15, 0.2) is 0 Å². The summed E-state index contributed by atoms with van der Waals surface area (Å²) in [4.78, 5) is 15.9. The van der Waals surface area contributed by atoms with Crippen LogP contribution in [-0.4, -0.2) is 30.2 Å². The molecular formula is C24H26N2O3. The van der Waals surface area contributed by atoms with E-state index in [-0.39, 0.29) is 6.47 Å². The molecule has 2 heterocycles. The Labute approximate surface area is 170 Å². The van der Waals surface area contributed by atoms with E-state index in [1.54, 1.807) is 7.11 Å². The molecule has 1 N–H and O–H groups in total. The lowest BCUT2D eigenvalue weighted by molar-refractivity contribution is -0.122. The SMILES string of the molecule is COc1ccc2nc(C)c3c(c2c1)N(C1CCCc2ccccc21)CC3.O=CO. The Morgan fingerprint density at radius 3 is 2.79 bits per heavy atom. The number of hydrogen-bond donors (Lipinski definition) is 1. The number of benzene rings is 2. The number of rotatable bonds is 2. The van der Waals surface area contributed by atoms with Crippen molar-refractivity contribution in [3.05, 3.63) is 64.8 Å². The van der Waals surface area contributed by atoms with Crippen molar-refractivity contribution in [3.63, 3.8) is 0 Å². The molecule has 150 valence electrons. The van der Waals surface area contributed by atoms with Gasteiger partial charge < -0.3 is 14.7 Å². The molecule has 0 spiro atoms. The van der Waals surface area contributed by atoms with E-state index in [0.29, 0.717) is 6.04 Å². The summed E-state index contributed by atoms with van der Waals surface area (Å²) in [6.45, 7) is 2.98. The van der Waals surface area contributed by atoms with Crippen molar-refractivity contribution >= 4 is 23.1 Å². The Hall–Kier alpha value is -3.08. The van der Waals surface area contributed by atoms with Crippen LogP contribution in [0.2, 0.25) is 0 Å². The largest absolute Gasteiger partial charge is 0.497 e. The Morgan fingerprint density at radius 2 is 2.00 bits per heavy atom. The number of aryl methyl sites for hydroxylation is 2. The van der Waals surface area contributed by atoms with Crippen LogP contribution >= 0.6 is 0 Å². The zero-order valence-corrected chi connectivity index (χ0v) is 16.9. The predicted octanol–water partition coefficient (Wildman–Crippen LogP) is 4.69. The third kappa shape index (κ3) is 3.41. The van der Waals surface area contributed by atoms with Crippen LogP contribution in [0, 0.1) is 6.92 Å². The molecular weight excluding hydrogens is 364 g/mol. The Balaban J connectivity index is 0.000000645. The van der Waals surface area contributed by atoms with Gasteiger partial charge in [-0.2, -0.15) is 0 Å². The summed E-state index contributed by atoms with van der Waals surface area (Å²) in [7, 11) is 1.73. The summed E-state index contributed by atoms with van der Waals surface area (Å²) in [5.74, 6) is 0.904. The van der Waals surface area contributed by atoms with E-state index >= 15 is 0 Å². The molecule has 0 fully saturated rings. The summed E-state index contributed by atoms with van der Waals surface area (Å²) >= 11 is 0. The van der Waals surface area contributed by atoms with E-state index in [4.69, 9.17) is 19.6 Å². The van der Waals surface area contributed by atoms with Gasteiger partial charge in [0.25, 0.3) is 6.47 Å². The van der Waals surface area contributed by atoms with Crippen LogP contribution in [0.3, 0.4) is 0 Å². The number of methoxy groups -OCH3 is 1. The average Bonchev–Trinajstić information content (AvgIpc) is 3.20. The van der Waals surface area contributed by atoms with Gasteiger partial charge in [-0.25, -0.2) is 0 Å². The highest BCUT2D eigenvalue weighted by atomic mass is 16.5. The van der Waals surface area contributed by atoms with Crippen molar-refractivity contribution in [2.24, 2.45) is 0 Å². The third-order valence-electron chi connectivity index (χ3n) is 6.07. The second-order valence-corrected chi connectivity index (χ2v) is 7.56. The van der Waals surface area contributed by atoms with E-state index in [1.165, 1.54) is 52.7 Å². The van der Waals surface area contributed by atoms with Gasteiger partial charge in [0.2, 0.25) is 0 Å². The maximum atomic E-state index is 8.36. The lowest BCUT2D eigenvalue weighted by Gasteiger charge is -2.35. The number of aromatic nitrogens is 1. The molecule has 0 amide bonds. The van der Waals surface area contributed by atoms with Gasteiger partial charge in [0.05, 0.1) is 24.4 Å². The number of fused-ring (bicyclic) bond motifs is 4. The number of nitrogens with zero attached hydrogens (tertiary/aromatic N) is 2. The van der Waals surface area contributed by atoms with Gasteiger partial charge in [-0.15, -0.1) is 0 Å². The predicted molar refractivity (Wildman–Crippen MR) is 115 cm³/mol. The molecule has 0 radical (unpaired) electrons. The Kier molecular flexibility index (Phi) is 5.38. The molecule has 5 heteroatoms. The van der Waals surface area contributed by atoms with Crippen LogP contribution in [0.15, 0.2) is 42.5 Å². The highest BCUT2D eigenvalue weighted by molar-refractivity contribution is 5.96. The van der Waals surface area contributed by atoms with Crippen LogP contribution in [0.1, 0.15) is 41.3 Å². The van der Waals surface area contributed by atoms with E-state index in [9.17, 15) is 0 Å². The van der Waals surface area contributed by atoms with Gasteiger partial charge in [-0.3, -0.25) is 9.78 Å². The lowest BCUT2D eigenvalue weighted by atomic mass is 9.86. The van der Waals surface area contributed by atoms with E-state index in [2.05, 4.69) is 48.2 Å². The molecule has 1 aliphatic carbocycles. The molecule has 0 saturated carbocycles. The molecule has 1 atom stereocenters. The smallest absolute Gasteiger partial charge is 0.290 e. The molecule has 0 saturated heterocycles. The molecule has 1 aromatic heterocycles. The van der Waals surface area contributed by atoms with Crippen LogP contribution < -0.4 is 9.64 Å². The second-order valence-electron chi connectivity index (χ2n) is 7.56. The maximum absolute atomic E-state index is 8.36. The fraction of sp³-hybridized carbons (Fsp3) is 0.333. The summed E-state index contributed by atoms with van der Waals surface area (Å²) in [6.07, 6.45) is 4.78. The minimum absolute atomic E-state index is 0.250. The van der Waals surface area contributed by atoms with Crippen molar-refractivity contribution in [3.8, 4) is 5.75 Å². The Morgan fingerprint density at radius 1 is 1.21 bits per heavy atom. The second kappa shape index (κ2) is 8.11. The van der Waals surface area contributed by atoms with Crippen molar-refractivity contribution in [2.45, 2.75) is 38.6 Å². The molecule has 2 aromatic carbocycles. The third-order valence-corrected chi connectivity index (χ3v) is 6.07. The maximum Gasteiger partial charge on any atom is 0.290 e. The highest BCUT2D eigenvalue weighted by Crippen LogP contribution is 2.45. The average molecular weight is 390 g/mol. The van der Waals surface area contributed by atoms with Gasteiger partial charge >= 0.3 is 0 Å². The summed E-state index contributed by atoms with van der Waals surface area (Å²) in [5.41, 5.74) is 8.06. The van der Waals surface area contributed by atoms with E-state index < -0.39 is 0 Å². The molecule has 0 bridgehead atoms. The van der Waals surface area contributed by atoms with E-state index in [1.807, 2.05) is 6.07 Å². The van der Waals surface area contributed by atoms with Crippen LogP contribution in [0.25, 0.3) is 10.9 Å². The standard InChI is InChI=1S/C23H24N2O.CH2O2/c1-15-18-12-13-25(22-9-5-7-16-6-3-4-8-19(16)22)23(18)20-14-17(26-2)10-11-21(20)24-15;2-1-3/h3-4,6,8,10-11,14,22H,5,7,9,12-13H2,1-2H3;1H,(H,2,3). The zero-order valence-electron chi connectivity index (χ0n) is 16.9. The number of carboxylic acid groups (broad SMARTS) is 1. The molecule has 1 unspecified atom stereocenters. The fourth-order valence-electron chi connectivity index (χ4n) is 4.85. The monoisotopic (exact) mass is 390 g/mol. The first-order chi connectivity index (χ1) is 14.2. The number of carbonyl (C=O) groups is 1. The minimum atomic E-state index is -0.250. The van der Waals surface area contributed by atoms with Gasteiger partial charge in [0, 0.05) is 17.6 Å². The first-order valence-corrected chi connectivity index (χ1v) is 10.1. The number of hydrogen-bond acceptors (Lipinski definition) is 4. The summed E-state index contributed by atoms with van der Waals surface area (Å²) < 4.78 is 5.50. The number of ether oxygens (including phenoxy) is 1. The molecule has 29 heavy (non-hydrogen) atoms. The zero-order chi connectivity index (χ0) is 20.4. The molecule has 5 nitrogen and oxygen atoms in total. The number of pyridine rings is 1. The van der Waals surface area contributed by atoms with Gasteiger partial charge in [0.1, 0.15) is 5.75 Å². The van der Waals surface area contributed by atoms with Crippen LogP contribution in [0.4, 0.5) is 5.69 Å². The summed E-state index contributed by atoms with van der Waals surface area (Å²) in [5, 5.41) is 8.12. The molecule has 5 rings (SSSR count). The lowest BCUT2D eigenvalue weighted by Crippen LogP contribution is -2.29. The van der Waals surface area contributed by atoms with Crippen molar-refractivity contribution in [1.29, 1.82) is 0 Å². The van der Waals surface area contributed by atoms with Gasteiger partial charge in [-0.05, 0) is 67.5 Å². The first kappa shape index (κ1) is 19.2. The van der Waals surface area contributed by atoms with Crippen LogP contribution in [-0.2, 0) is 17.6 Å². The van der Waals surface area contributed by atoms with Crippen molar-refractivity contribution < 1.29 is 14.6 Å². The van der Waals surface area contributed by atoms with Crippen LogP contribution in [0.5, 0.6) is 5.75 Å². The van der Waals surface area contributed by atoms with E-state index in [0.717, 1.165) is 24.2 Å². The normalized spacial score (nSPS) is 17.2. The molecule has 3 aromatic rings. The first-order valence-electron chi connectivity index (χ1n) is 10.1. The van der Waals surface area contributed by atoms with Crippen molar-refractivity contribution in [1.82, 2.24) is 4.98 Å². The Bertz CT molecular complexity index is 1050. The molecule has 1 aliphatic heterocycles. The minimum Gasteiger partial charge on any atom is -0.497 e. The topological polar surface area (TPSA) is 62.7 Å². The van der Waals surface area contributed by atoms with Crippen molar-refractivity contribution in [2.75, 3.05) is 18.6 Å². The number of anilines is 1. The quantitative estimate of drug-likeness (QED) is 0.643. The highest BCUT2D eigenvalue weighted by Gasteiger charge is 2.32. The molecule has 2 aliphatic rings. The van der Waals surface area contributed by atoms with Gasteiger partial charge in [-0.1, -0.05) is 24.3 Å². The summed E-state index contributed by atoms with van der Waals surface area (Å²) in [6, 6.07) is 15.7. The fourth-order valence-corrected chi connectivity index (χ4v) is 4.85.